The SMILES string of the molecule is COCCCC(N)C(=O)NCCCn1ccnc1. The molecule has 1 aromatic heterocycles. The van der Waals surface area contributed by atoms with E-state index in [-0.39, 0.29) is 5.91 Å². The second-order valence-electron chi connectivity index (χ2n) is 4.19. The van der Waals surface area contributed by atoms with E-state index < -0.39 is 6.04 Å². The minimum absolute atomic E-state index is 0.0864. The van der Waals surface area contributed by atoms with E-state index in [4.69, 9.17) is 10.5 Å². The Morgan fingerprint density at radius 1 is 1.56 bits per heavy atom. The van der Waals surface area contributed by atoms with Crippen molar-refractivity contribution in [1.29, 1.82) is 0 Å². The molecule has 0 radical (unpaired) electrons. The summed E-state index contributed by atoms with van der Waals surface area (Å²) in [7, 11) is 1.64. The smallest absolute Gasteiger partial charge is 0.236 e. The number of hydrogen-bond donors (Lipinski definition) is 2. The lowest BCUT2D eigenvalue weighted by Gasteiger charge is -2.12. The number of amides is 1. The number of carbonyl (C=O) groups excluding carboxylic acids is 1. The van der Waals surface area contributed by atoms with Crippen LogP contribution in [0.3, 0.4) is 0 Å². The number of nitrogens with one attached hydrogen (secondary N) is 1. The van der Waals surface area contributed by atoms with E-state index in [2.05, 4.69) is 10.3 Å². The molecule has 6 heteroatoms. The van der Waals surface area contributed by atoms with Gasteiger partial charge in [0.15, 0.2) is 0 Å². The number of imidazole rings is 1. The van der Waals surface area contributed by atoms with E-state index in [1.165, 1.54) is 0 Å². The van der Waals surface area contributed by atoms with Crippen molar-refractivity contribution in [3.05, 3.63) is 18.7 Å². The zero-order valence-electron chi connectivity index (χ0n) is 10.8. The Kier molecular flexibility index (Phi) is 7.05. The maximum absolute atomic E-state index is 11.6. The molecule has 0 aliphatic heterocycles. The second kappa shape index (κ2) is 8.66. The fourth-order valence-electron chi connectivity index (χ4n) is 1.60. The van der Waals surface area contributed by atoms with Crippen LogP contribution in [0.25, 0.3) is 0 Å². The third-order valence-corrected chi connectivity index (χ3v) is 2.65. The fraction of sp³-hybridized carbons (Fsp3) is 0.667. The van der Waals surface area contributed by atoms with E-state index >= 15 is 0 Å². The van der Waals surface area contributed by atoms with Crippen molar-refractivity contribution < 1.29 is 9.53 Å². The van der Waals surface area contributed by atoms with Gasteiger partial charge < -0.3 is 20.4 Å². The van der Waals surface area contributed by atoms with Crippen LogP contribution in [0.1, 0.15) is 19.3 Å². The highest BCUT2D eigenvalue weighted by molar-refractivity contribution is 5.81. The zero-order chi connectivity index (χ0) is 13.2. The normalized spacial score (nSPS) is 12.3. The van der Waals surface area contributed by atoms with Crippen LogP contribution in [-0.4, -0.2) is 41.8 Å². The van der Waals surface area contributed by atoms with Gasteiger partial charge in [-0.05, 0) is 19.3 Å². The molecule has 0 bridgehead atoms. The van der Waals surface area contributed by atoms with Gasteiger partial charge in [0.05, 0.1) is 12.4 Å². The first-order valence-electron chi connectivity index (χ1n) is 6.22. The Bertz CT molecular complexity index is 327. The van der Waals surface area contributed by atoms with Crippen LogP contribution < -0.4 is 11.1 Å². The number of methoxy groups -OCH3 is 1. The van der Waals surface area contributed by atoms with Gasteiger partial charge in [0.25, 0.3) is 0 Å². The van der Waals surface area contributed by atoms with Crippen molar-refractivity contribution in [2.75, 3.05) is 20.3 Å². The molecule has 0 saturated heterocycles. The van der Waals surface area contributed by atoms with E-state index in [1.54, 1.807) is 19.6 Å². The van der Waals surface area contributed by atoms with E-state index in [9.17, 15) is 4.79 Å². The van der Waals surface area contributed by atoms with Crippen molar-refractivity contribution in [1.82, 2.24) is 14.9 Å². The van der Waals surface area contributed by atoms with Crippen LogP contribution in [0, 0.1) is 0 Å². The summed E-state index contributed by atoms with van der Waals surface area (Å²) in [6.45, 7) is 2.12. The topological polar surface area (TPSA) is 82.2 Å². The quantitative estimate of drug-likeness (QED) is 0.614. The molecule has 0 aromatic carbocycles. The molecule has 1 rings (SSSR count). The average molecular weight is 254 g/mol. The maximum atomic E-state index is 11.6. The minimum atomic E-state index is -0.437. The fourth-order valence-corrected chi connectivity index (χ4v) is 1.60. The van der Waals surface area contributed by atoms with E-state index in [1.807, 2.05) is 10.8 Å². The van der Waals surface area contributed by atoms with Gasteiger partial charge >= 0.3 is 0 Å². The van der Waals surface area contributed by atoms with Gasteiger partial charge in [-0.2, -0.15) is 0 Å². The Balaban J connectivity index is 2.05. The molecule has 0 aliphatic rings. The van der Waals surface area contributed by atoms with Crippen molar-refractivity contribution in [2.24, 2.45) is 5.73 Å². The Hall–Kier alpha value is -1.40. The molecular formula is C12H22N4O2. The summed E-state index contributed by atoms with van der Waals surface area (Å²) < 4.78 is 6.89. The van der Waals surface area contributed by atoms with Crippen molar-refractivity contribution in [2.45, 2.75) is 31.8 Å². The summed E-state index contributed by atoms with van der Waals surface area (Å²) in [6.07, 6.45) is 7.73. The van der Waals surface area contributed by atoms with Crippen LogP contribution in [0.2, 0.25) is 0 Å². The molecule has 1 atom stereocenters. The first-order chi connectivity index (χ1) is 8.74. The molecule has 1 heterocycles. The highest BCUT2D eigenvalue weighted by Gasteiger charge is 2.11. The number of nitrogens with two attached hydrogens (primary N) is 1. The standard InChI is InChI=1S/C12H22N4O2/c1-18-9-2-4-11(13)12(17)15-5-3-7-16-8-6-14-10-16/h6,8,10-11H,2-5,7,9,13H2,1H3,(H,15,17). The highest BCUT2D eigenvalue weighted by atomic mass is 16.5. The summed E-state index contributed by atoms with van der Waals surface area (Å²) in [5, 5.41) is 2.83. The Morgan fingerprint density at radius 3 is 3.06 bits per heavy atom. The predicted molar refractivity (Wildman–Crippen MR) is 68.9 cm³/mol. The van der Waals surface area contributed by atoms with Crippen LogP contribution in [0.4, 0.5) is 0 Å². The van der Waals surface area contributed by atoms with Gasteiger partial charge in [-0.15, -0.1) is 0 Å². The second-order valence-corrected chi connectivity index (χ2v) is 4.19. The van der Waals surface area contributed by atoms with Crippen LogP contribution in [0.15, 0.2) is 18.7 Å². The van der Waals surface area contributed by atoms with Crippen molar-refractivity contribution in [3.63, 3.8) is 0 Å². The van der Waals surface area contributed by atoms with Gasteiger partial charge in [-0.1, -0.05) is 0 Å². The zero-order valence-corrected chi connectivity index (χ0v) is 10.8. The van der Waals surface area contributed by atoms with Gasteiger partial charge in [0.2, 0.25) is 5.91 Å². The number of ether oxygens (including phenoxy) is 1. The van der Waals surface area contributed by atoms with Gasteiger partial charge in [0.1, 0.15) is 0 Å². The predicted octanol–water partition coefficient (Wildman–Crippen LogP) is 0.143. The molecule has 0 saturated carbocycles. The molecular weight excluding hydrogens is 232 g/mol. The number of aromatic nitrogens is 2. The summed E-state index contributed by atoms with van der Waals surface area (Å²) in [5.74, 6) is -0.0864. The van der Waals surface area contributed by atoms with Crippen molar-refractivity contribution in [3.8, 4) is 0 Å². The lowest BCUT2D eigenvalue weighted by Crippen LogP contribution is -2.41. The molecule has 1 unspecified atom stereocenters. The number of aryl methyl sites for hydroxylation is 1. The van der Waals surface area contributed by atoms with Gasteiger partial charge in [-0.3, -0.25) is 4.79 Å². The largest absolute Gasteiger partial charge is 0.385 e. The summed E-state index contributed by atoms with van der Waals surface area (Å²) in [4.78, 5) is 15.6. The maximum Gasteiger partial charge on any atom is 0.236 e. The molecule has 102 valence electrons. The first-order valence-corrected chi connectivity index (χ1v) is 6.22. The minimum Gasteiger partial charge on any atom is -0.385 e. The highest BCUT2D eigenvalue weighted by Crippen LogP contribution is 1.95. The number of carbonyl (C=O) groups is 1. The third-order valence-electron chi connectivity index (χ3n) is 2.65. The average Bonchev–Trinajstić information content (AvgIpc) is 2.87. The van der Waals surface area contributed by atoms with Crippen LogP contribution >= 0.6 is 0 Å². The van der Waals surface area contributed by atoms with Crippen LogP contribution in [0.5, 0.6) is 0 Å². The van der Waals surface area contributed by atoms with Gasteiger partial charge in [0, 0.05) is 39.2 Å². The van der Waals surface area contributed by atoms with Gasteiger partial charge in [-0.25, -0.2) is 4.98 Å². The Morgan fingerprint density at radius 2 is 2.39 bits per heavy atom. The summed E-state index contributed by atoms with van der Waals surface area (Å²) in [6, 6.07) is -0.437. The number of nitrogens with zero attached hydrogens (tertiary/aromatic N) is 2. The molecule has 6 nitrogen and oxygen atoms in total. The van der Waals surface area contributed by atoms with Crippen LogP contribution in [-0.2, 0) is 16.1 Å². The monoisotopic (exact) mass is 254 g/mol. The Labute approximate surface area is 108 Å². The lowest BCUT2D eigenvalue weighted by molar-refractivity contribution is -0.122. The number of hydrogen-bond acceptors (Lipinski definition) is 4. The van der Waals surface area contributed by atoms with E-state index in [0.29, 0.717) is 19.6 Å². The van der Waals surface area contributed by atoms with E-state index in [0.717, 1.165) is 19.4 Å². The molecule has 0 fully saturated rings. The number of rotatable bonds is 9. The molecule has 18 heavy (non-hydrogen) atoms. The summed E-state index contributed by atoms with van der Waals surface area (Å²) >= 11 is 0. The lowest BCUT2D eigenvalue weighted by atomic mass is 10.1. The molecule has 1 aromatic rings. The van der Waals surface area contributed by atoms with Crippen molar-refractivity contribution >= 4 is 5.91 Å². The third kappa shape index (κ3) is 5.79. The summed E-state index contributed by atoms with van der Waals surface area (Å²) in [5.41, 5.74) is 5.75. The molecule has 0 spiro atoms. The molecule has 0 aliphatic carbocycles. The molecule has 1 amide bonds. The first kappa shape index (κ1) is 14.7. The molecule has 3 N–H and O–H groups in total.